The third kappa shape index (κ3) is 3.25. The highest BCUT2D eigenvalue weighted by molar-refractivity contribution is 7.92. The molecule has 0 saturated carbocycles. The summed E-state index contributed by atoms with van der Waals surface area (Å²) in [6, 6.07) is 8.58. The van der Waals surface area contributed by atoms with Crippen LogP contribution >= 0.6 is 0 Å². The molecular weight excluding hydrogens is 290 g/mol. The molecule has 0 bridgehead atoms. The molecule has 2 rings (SSSR count). The Hall–Kier alpha value is -2.28. The van der Waals surface area contributed by atoms with Crippen molar-refractivity contribution in [1.29, 1.82) is 0 Å². The van der Waals surface area contributed by atoms with E-state index in [-0.39, 0.29) is 5.03 Å². The fourth-order valence-corrected chi connectivity index (χ4v) is 3.09. The van der Waals surface area contributed by atoms with Crippen LogP contribution in [0.5, 0.6) is 5.75 Å². The van der Waals surface area contributed by atoms with E-state index in [4.69, 9.17) is 4.74 Å². The zero-order valence-corrected chi connectivity index (χ0v) is 12.9. The minimum absolute atomic E-state index is 0.0592. The maximum atomic E-state index is 12.5. The van der Waals surface area contributed by atoms with Crippen LogP contribution in [-0.2, 0) is 10.0 Å². The normalized spacial score (nSPS) is 11.0. The standard InChI is InChI=1S/C14H17N3O3S/c1-10-6-7-13(20-3)12(9-10)17-21(18,19)14-11(15-2)5-4-8-16-14/h4-9,15,17H,1-3H3. The number of rotatable bonds is 5. The molecular formula is C14H17N3O3S. The Morgan fingerprint density at radius 2 is 1.95 bits per heavy atom. The fourth-order valence-electron chi connectivity index (χ4n) is 1.89. The first kappa shape index (κ1) is 15.1. The summed E-state index contributed by atoms with van der Waals surface area (Å²) in [5.74, 6) is 0.450. The van der Waals surface area contributed by atoms with Crippen molar-refractivity contribution in [2.75, 3.05) is 24.2 Å². The van der Waals surface area contributed by atoms with Gasteiger partial charge >= 0.3 is 0 Å². The van der Waals surface area contributed by atoms with Gasteiger partial charge in [0.15, 0.2) is 5.03 Å². The molecule has 2 N–H and O–H groups in total. The third-order valence-electron chi connectivity index (χ3n) is 2.89. The van der Waals surface area contributed by atoms with E-state index < -0.39 is 10.0 Å². The predicted molar refractivity (Wildman–Crippen MR) is 82.3 cm³/mol. The molecule has 0 aliphatic carbocycles. The molecule has 1 aromatic carbocycles. The van der Waals surface area contributed by atoms with E-state index >= 15 is 0 Å². The minimum atomic E-state index is -3.81. The van der Waals surface area contributed by atoms with Gasteiger partial charge in [-0.2, -0.15) is 8.42 Å². The highest BCUT2D eigenvalue weighted by Crippen LogP contribution is 2.28. The van der Waals surface area contributed by atoms with Crippen molar-refractivity contribution in [3.63, 3.8) is 0 Å². The number of nitrogens with one attached hydrogen (secondary N) is 2. The van der Waals surface area contributed by atoms with E-state index in [0.717, 1.165) is 5.56 Å². The molecule has 1 heterocycles. The molecule has 21 heavy (non-hydrogen) atoms. The van der Waals surface area contributed by atoms with Crippen LogP contribution in [0, 0.1) is 6.92 Å². The van der Waals surface area contributed by atoms with Gasteiger partial charge in [-0.3, -0.25) is 4.72 Å². The number of methoxy groups -OCH3 is 1. The van der Waals surface area contributed by atoms with Crippen LogP contribution in [-0.4, -0.2) is 27.6 Å². The lowest BCUT2D eigenvalue weighted by Crippen LogP contribution is -2.16. The third-order valence-corrected chi connectivity index (χ3v) is 4.22. The Morgan fingerprint density at radius 3 is 2.62 bits per heavy atom. The van der Waals surface area contributed by atoms with Crippen LogP contribution in [0.2, 0.25) is 0 Å². The van der Waals surface area contributed by atoms with Gasteiger partial charge in [-0.05, 0) is 36.8 Å². The van der Waals surface area contributed by atoms with Crippen LogP contribution in [0.15, 0.2) is 41.6 Å². The van der Waals surface area contributed by atoms with Gasteiger partial charge in [0, 0.05) is 13.2 Å². The van der Waals surface area contributed by atoms with Crippen molar-refractivity contribution >= 4 is 21.4 Å². The molecule has 112 valence electrons. The molecule has 0 atom stereocenters. The maximum Gasteiger partial charge on any atom is 0.281 e. The average molecular weight is 307 g/mol. The smallest absolute Gasteiger partial charge is 0.281 e. The second-order valence-corrected chi connectivity index (χ2v) is 6.01. The first-order valence-electron chi connectivity index (χ1n) is 6.28. The topological polar surface area (TPSA) is 80.3 Å². The van der Waals surface area contributed by atoms with Gasteiger partial charge in [0.1, 0.15) is 5.75 Å². The minimum Gasteiger partial charge on any atom is -0.495 e. The van der Waals surface area contributed by atoms with Gasteiger partial charge in [-0.1, -0.05) is 6.07 Å². The Kier molecular flexibility index (Phi) is 4.32. The highest BCUT2D eigenvalue weighted by Gasteiger charge is 2.21. The number of hydrogen-bond acceptors (Lipinski definition) is 5. The Morgan fingerprint density at radius 1 is 1.19 bits per heavy atom. The molecule has 0 spiro atoms. The van der Waals surface area contributed by atoms with Crippen molar-refractivity contribution < 1.29 is 13.2 Å². The SMILES string of the molecule is CNc1cccnc1S(=O)(=O)Nc1cc(C)ccc1OC. The van der Waals surface area contributed by atoms with Gasteiger partial charge in [-0.25, -0.2) is 4.98 Å². The van der Waals surface area contributed by atoms with Crippen LogP contribution in [0.4, 0.5) is 11.4 Å². The monoisotopic (exact) mass is 307 g/mol. The predicted octanol–water partition coefficient (Wildman–Crippen LogP) is 2.24. The lowest BCUT2D eigenvalue weighted by atomic mass is 10.2. The molecule has 0 aliphatic rings. The van der Waals surface area contributed by atoms with Gasteiger partial charge in [0.25, 0.3) is 10.0 Å². The molecule has 0 saturated heterocycles. The van der Waals surface area contributed by atoms with Crippen molar-refractivity contribution in [3.05, 3.63) is 42.1 Å². The summed E-state index contributed by atoms with van der Waals surface area (Å²) >= 11 is 0. The van der Waals surface area contributed by atoms with Gasteiger partial charge in [0.2, 0.25) is 0 Å². The second-order valence-electron chi connectivity index (χ2n) is 4.42. The summed E-state index contributed by atoms with van der Waals surface area (Å²) in [6.45, 7) is 1.87. The maximum absolute atomic E-state index is 12.5. The molecule has 0 amide bonds. The molecule has 6 nitrogen and oxygen atoms in total. The van der Waals surface area contributed by atoms with Crippen molar-refractivity contribution in [3.8, 4) is 5.75 Å². The van der Waals surface area contributed by atoms with Crippen LogP contribution < -0.4 is 14.8 Å². The molecule has 0 aliphatic heterocycles. The van der Waals surface area contributed by atoms with Gasteiger partial charge in [0.05, 0.1) is 18.5 Å². The van der Waals surface area contributed by atoms with Crippen molar-refractivity contribution in [2.45, 2.75) is 11.9 Å². The van der Waals surface area contributed by atoms with E-state index in [2.05, 4.69) is 15.0 Å². The van der Waals surface area contributed by atoms with E-state index in [1.54, 1.807) is 31.3 Å². The zero-order chi connectivity index (χ0) is 15.5. The first-order chi connectivity index (χ1) is 9.97. The van der Waals surface area contributed by atoms with E-state index in [1.807, 2.05) is 13.0 Å². The van der Waals surface area contributed by atoms with E-state index in [1.165, 1.54) is 13.3 Å². The van der Waals surface area contributed by atoms with E-state index in [0.29, 0.717) is 17.1 Å². The Bertz CT molecular complexity index is 745. The number of ether oxygens (including phenoxy) is 1. The summed E-state index contributed by atoms with van der Waals surface area (Å²) in [5, 5.41) is 2.76. The quantitative estimate of drug-likeness (QED) is 0.885. The number of pyridine rings is 1. The molecule has 1 aromatic heterocycles. The first-order valence-corrected chi connectivity index (χ1v) is 7.76. The second kappa shape index (κ2) is 6.01. The number of aryl methyl sites for hydroxylation is 1. The largest absolute Gasteiger partial charge is 0.495 e. The lowest BCUT2D eigenvalue weighted by Gasteiger charge is -2.13. The molecule has 7 heteroatoms. The Balaban J connectivity index is 2.45. The zero-order valence-electron chi connectivity index (χ0n) is 12.0. The van der Waals surface area contributed by atoms with Crippen molar-refractivity contribution in [1.82, 2.24) is 4.98 Å². The van der Waals surface area contributed by atoms with Gasteiger partial charge in [-0.15, -0.1) is 0 Å². The molecule has 0 fully saturated rings. The number of aromatic nitrogens is 1. The summed E-state index contributed by atoms with van der Waals surface area (Å²) < 4.78 is 32.7. The summed E-state index contributed by atoms with van der Waals surface area (Å²) in [7, 11) is -0.679. The van der Waals surface area contributed by atoms with Crippen LogP contribution in [0.1, 0.15) is 5.56 Å². The van der Waals surface area contributed by atoms with Crippen molar-refractivity contribution in [2.24, 2.45) is 0 Å². The summed E-state index contributed by atoms with van der Waals surface area (Å²) in [6.07, 6.45) is 1.43. The average Bonchev–Trinajstić information content (AvgIpc) is 2.47. The number of benzene rings is 1. The number of anilines is 2. The van der Waals surface area contributed by atoms with Crippen LogP contribution in [0.3, 0.4) is 0 Å². The molecule has 2 aromatic rings. The molecule has 0 radical (unpaired) electrons. The highest BCUT2D eigenvalue weighted by atomic mass is 32.2. The van der Waals surface area contributed by atoms with Gasteiger partial charge < -0.3 is 10.1 Å². The van der Waals surface area contributed by atoms with Crippen LogP contribution in [0.25, 0.3) is 0 Å². The Labute approximate surface area is 124 Å². The van der Waals surface area contributed by atoms with E-state index in [9.17, 15) is 8.42 Å². The summed E-state index contributed by atoms with van der Waals surface area (Å²) in [4.78, 5) is 3.94. The number of nitrogens with zero attached hydrogens (tertiary/aromatic N) is 1. The molecule has 0 unspecified atom stereocenters. The fraction of sp³-hybridized carbons (Fsp3) is 0.214. The lowest BCUT2D eigenvalue weighted by molar-refractivity contribution is 0.417. The summed E-state index contributed by atoms with van der Waals surface area (Å²) in [5.41, 5.74) is 1.73. The number of hydrogen-bond donors (Lipinski definition) is 2. The number of sulfonamides is 1.